The Morgan fingerprint density at radius 1 is 1.80 bits per heavy atom. The molecule has 10 heavy (non-hydrogen) atoms. The van der Waals surface area contributed by atoms with Crippen LogP contribution in [0.3, 0.4) is 0 Å². The molecule has 1 rings (SSSR count). The van der Waals surface area contributed by atoms with Crippen LogP contribution in [0.4, 0.5) is 0 Å². The van der Waals surface area contributed by atoms with Gasteiger partial charge in [0.1, 0.15) is 6.07 Å². The Morgan fingerprint density at radius 2 is 2.60 bits per heavy atom. The summed E-state index contributed by atoms with van der Waals surface area (Å²) in [5.41, 5.74) is 0.157. The number of rotatable bonds is 1. The summed E-state index contributed by atoms with van der Waals surface area (Å²) in [5, 5.41) is 15.4. The third-order valence-electron chi connectivity index (χ3n) is 0.936. The van der Waals surface area contributed by atoms with E-state index < -0.39 is 0 Å². The first-order valence-corrected chi connectivity index (χ1v) is 2.56. The van der Waals surface area contributed by atoms with Crippen LogP contribution >= 0.6 is 0 Å². The molecule has 0 aliphatic heterocycles. The smallest absolute Gasteiger partial charge is 0.323 e. The monoisotopic (exact) mass is 137 g/mol. The standard InChI is InChI=1S/C5H4N4O/c1-10-5-4(2-6)9-8-3-7-5/h3H,1H3/p+1. The summed E-state index contributed by atoms with van der Waals surface area (Å²) in [6.45, 7) is 0. The number of aromatic nitrogens is 3. The molecule has 0 saturated carbocycles. The fourth-order valence-electron chi connectivity index (χ4n) is 0.517. The van der Waals surface area contributed by atoms with Gasteiger partial charge in [-0.15, -0.1) is 0 Å². The van der Waals surface area contributed by atoms with Crippen molar-refractivity contribution in [2.75, 3.05) is 7.11 Å². The lowest BCUT2D eigenvalue weighted by Gasteiger charge is -1.90. The number of aromatic amines is 1. The Morgan fingerprint density at radius 3 is 3.10 bits per heavy atom. The number of nitriles is 1. The molecule has 0 amide bonds. The van der Waals surface area contributed by atoms with E-state index in [9.17, 15) is 0 Å². The molecule has 1 aromatic heterocycles. The highest BCUT2D eigenvalue weighted by atomic mass is 16.5. The Bertz CT molecular complexity index is 267. The van der Waals surface area contributed by atoms with Crippen molar-refractivity contribution in [3.63, 3.8) is 0 Å². The van der Waals surface area contributed by atoms with Crippen LogP contribution in [-0.4, -0.2) is 17.3 Å². The molecule has 0 unspecified atom stereocenters. The minimum atomic E-state index is 0.157. The molecule has 0 atom stereocenters. The van der Waals surface area contributed by atoms with Gasteiger partial charge in [-0.05, 0) is 5.10 Å². The molecule has 1 aromatic rings. The topological polar surface area (TPSA) is 72.9 Å². The number of nitrogens with one attached hydrogen (secondary N) is 1. The maximum Gasteiger partial charge on any atom is 0.323 e. The highest BCUT2D eigenvalue weighted by Gasteiger charge is 2.08. The fourth-order valence-corrected chi connectivity index (χ4v) is 0.517. The average Bonchev–Trinajstić information content (AvgIpc) is 2.04. The normalized spacial score (nSPS) is 8.40. The molecule has 0 spiro atoms. The minimum Gasteiger partial charge on any atom is -0.463 e. The van der Waals surface area contributed by atoms with Crippen molar-refractivity contribution in [2.45, 2.75) is 0 Å². The van der Waals surface area contributed by atoms with Crippen molar-refractivity contribution in [1.82, 2.24) is 10.2 Å². The average molecular weight is 137 g/mol. The van der Waals surface area contributed by atoms with Gasteiger partial charge in [0.05, 0.1) is 12.2 Å². The lowest BCUT2D eigenvalue weighted by molar-refractivity contribution is -0.399. The Balaban J connectivity index is 3.12. The van der Waals surface area contributed by atoms with E-state index in [2.05, 4.69) is 15.2 Å². The summed E-state index contributed by atoms with van der Waals surface area (Å²) >= 11 is 0. The first-order chi connectivity index (χ1) is 4.88. The first kappa shape index (κ1) is 6.42. The third kappa shape index (κ3) is 1.00. The summed E-state index contributed by atoms with van der Waals surface area (Å²) in [4.78, 5) is 2.62. The summed E-state index contributed by atoms with van der Waals surface area (Å²) in [6.07, 6.45) is 1.35. The molecule has 0 bridgehead atoms. The molecule has 50 valence electrons. The summed E-state index contributed by atoms with van der Waals surface area (Å²) in [7, 11) is 1.45. The largest absolute Gasteiger partial charge is 0.463 e. The molecule has 5 heteroatoms. The van der Waals surface area contributed by atoms with Crippen molar-refractivity contribution in [2.24, 2.45) is 0 Å². The van der Waals surface area contributed by atoms with E-state index in [1.165, 1.54) is 13.4 Å². The van der Waals surface area contributed by atoms with Crippen LogP contribution in [-0.2, 0) is 0 Å². The molecule has 0 radical (unpaired) electrons. The predicted molar refractivity (Wildman–Crippen MR) is 29.9 cm³/mol. The predicted octanol–water partition coefficient (Wildman–Crippen LogP) is -0.829. The fraction of sp³-hybridized carbons (Fsp3) is 0.200. The van der Waals surface area contributed by atoms with Gasteiger partial charge in [0.25, 0.3) is 5.69 Å². The highest BCUT2D eigenvalue weighted by molar-refractivity contribution is 5.24. The zero-order valence-corrected chi connectivity index (χ0v) is 5.33. The van der Waals surface area contributed by atoms with Crippen LogP contribution < -0.4 is 9.72 Å². The summed E-state index contributed by atoms with van der Waals surface area (Å²) < 4.78 is 4.76. The number of hydrogen-bond donors (Lipinski definition) is 0. The lowest BCUT2D eigenvalue weighted by Crippen LogP contribution is -2.11. The van der Waals surface area contributed by atoms with Crippen LogP contribution in [0.1, 0.15) is 5.69 Å². The minimum absolute atomic E-state index is 0.157. The number of nitrogens with zero attached hydrogens (tertiary/aromatic N) is 3. The van der Waals surface area contributed by atoms with Gasteiger partial charge in [-0.3, -0.25) is 0 Å². The second-order valence-corrected chi connectivity index (χ2v) is 1.48. The lowest BCUT2D eigenvalue weighted by atomic mass is 10.5. The zero-order valence-electron chi connectivity index (χ0n) is 5.33. The first-order valence-electron chi connectivity index (χ1n) is 2.56. The highest BCUT2D eigenvalue weighted by Crippen LogP contribution is 2.01. The molecule has 1 N–H and O–H groups in total. The van der Waals surface area contributed by atoms with Gasteiger partial charge in [0.15, 0.2) is 0 Å². The number of ether oxygens (including phenoxy) is 1. The van der Waals surface area contributed by atoms with Crippen molar-refractivity contribution >= 4 is 0 Å². The van der Waals surface area contributed by atoms with Gasteiger partial charge in [-0.2, -0.15) is 5.26 Å². The van der Waals surface area contributed by atoms with Gasteiger partial charge in [0, 0.05) is 0 Å². The maximum atomic E-state index is 8.40. The van der Waals surface area contributed by atoms with E-state index in [1.54, 1.807) is 0 Å². The second-order valence-electron chi connectivity index (χ2n) is 1.48. The van der Waals surface area contributed by atoms with Crippen molar-refractivity contribution in [3.8, 4) is 11.9 Å². The van der Waals surface area contributed by atoms with Crippen LogP contribution in [0, 0.1) is 11.3 Å². The van der Waals surface area contributed by atoms with E-state index in [0.29, 0.717) is 5.88 Å². The van der Waals surface area contributed by atoms with Gasteiger partial charge in [0.2, 0.25) is 0 Å². The molecule has 0 saturated heterocycles. The van der Waals surface area contributed by atoms with Crippen LogP contribution in [0.5, 0.6) is 5.88 Å². The van der Waals surface area contributed by atoms with Crippen molar-refractivity contribution < 1.29 is 9.72 Å². The molecule has 0 aromatic carbocycles. The zero-order chi connectivity index (χ0) is 7.40. The number of hydrogen-bond acceptors (Lipinski definition) is 4. The van der Waals surface area contributed by atoms with Gasteiger partial charge >= 0.3 is 12.2 Å². The molecule has 0 fully saturated rings. The quantitative estimate of drug-likeness (QED) is 0.506. The molecular weight excluding hydrogens is 132 g/mol. The Labute approximate surface area is 57.3 Å². The summed E-state index contributed by atoms with van der Waals surface area (Å²) in [6, 6.07) is 1.82. The Kier molecular flexibility index (Phi) is 1.75. The second kappa shape index (κ2) is 2.73. The van der Waals surface area contributed by atoms with Gasteiger partial charge in [-0.1, -0.05) is 0 Å². The summed E-state index contributed by atoms with van der Waals surface area (Å²) in [5.74, 6) is 0.331. The van der Waals surface area contributed by atoms with Crippen LogP contribution in [0.25, 0.3) is 0 Å². The number of H-pyrrole nitrogens is 1. The number of methoxy groups -OCH3 is 1. The molecular formula is C5H5N4O+. The third-order valence-corrected chi connectivity index (χ3v) is 0.936. The van der Waals surface area contributed by atoms with Crippen LogP contribution in [0.15, 0.2) is 6.33 Å². The molecule has 5 nitrogen and oxygen atoms in total. The SMILES string of the molecule is COc1[nH+]cnnc1C#N. The van der Waals surface area contributed by atoms with E-state index in [1.807, 2.05) is 6.07 Å². The van der Waals surface area contributed by atoms with Gasteiger partial charge < -0.3 is 4.74 Å². The molecule has 1 heterocycles. The Hall–Kier alpha value is -1.70. The van der Waals surface area contributed by atoms with Crippen molar-refractivity contribution in [3.05, 3.63) is 12.0 Å². The van der Waals surface area contributed by atoms with E-state index in [4.69, 9.17) is 10.00 Å². The molecule has 0 aliphatic rings. The maximum absolute atomic E-state index is 8.40. The van der Waals surface area contributed by atoms with E-state index in [-0.39, 0.29) is 5.69 Å². The van der Waals surface area contributed by atoms with E-state index >= 15 is 0 Å². The molecule has 0 aliphatic carbocycles. The van der Waals surface area contributed by atoms with Crippen molar-refractivity contribution in [1.29, 1.82) is 5.26 Å². The van der Waals surface area contributed by atoms with Crippen LogP contribution in [0.2, 0.25) is 0 Å². The van der Waals surface area contributed by atoms with E-state index in [0.717, 1.165) is 0 Å². The van der Waals surface area contributed by atoms with Gasteiger partial charge in [-0.25, -0.2) is 4.98 Å².